The molecule has 0 aliphatic carbocycles. The summed E-state index contributed by atoms with van der Waals surface area (Å²) >= 11 is 0. The van der Waals surface area contributed by atoms with E-state index in [1.165, 1.54) is 0 Å². The van der Waals surface area contributed by atoms with E-state index in [1.54, 1.807) is 0 Å². The molecule has 2 rings (SSSR count). The van der Waals surface area contributed by atoms with Crippen molar-refractivity contribution in [2.24, 2.45) is 0 Å². The van der Waals surface area contributed by atoms with Crippen LogP contribution in [0.1, 0.15) is 0 Å². The molecule has 1 N–H and O–H groups in total. The summed E-state index contributed by atoms with van der Waals surface area (Å²) in [5.74, 6) is 0. The molecule has 0 fully saturated rings. The van der Waals surface area contributed by atoms with Crippen LogP contribution in [-0.2, 0) is 0 Å². The smallest absolute Gasteiger partial charge is 0.358 e. The molecule has 2 heteroatoms. The second kappa shape index (κ2) is 4.12. The number of hydrogen-bond donors (Lipinski definition) is 1. The fourth-order valence-corrected chi connectivity index (χ4v) is 1.41. The molecule has 0 heterocycles. The molecule has 2 aromatic carbocycles. The first-order chi connectivity index (χ1) is 6.88. The Labute approximate surface area is 84.1 Å². The van der Waals surface area contributed by atoms with E-state index in [0.717, 1.165) is 10.9 Å². The Hall–Kier alpha value is -1.54. The molecule has 67 valence electrons. The van der Waals surface area contributed by atoms with E-state index in [2.05, 4.69) is 6.07 Å². The lowest BCUT2D eigenvalue weighted by atomic mass is 9.56. The van der Waals surface area contributed by atoms with Gasteiger partial charge in [-0.3, -0.25) is 0 Å². The summed E-state index contributed by atoms with van der Waals surface area (Å²) in [5.41, 5.74) is 1.81. The van der Waals surface area contributed by atoms with E-state index in [0.29, 0.717) is 0 Å². The van der Waals surface area contributed by atoms with Crippen LogP contribution in [0.4, 0.5) is 0 Å². The van der Waals surface area contributed by atoms with E-state index < -0.39 is 6.92 Å². The second-order valence-corrected chi connectivity index (χ2v) is 3.15. The van der Waals surface area contributed by atoms with Gasteiger partial charge in [-0.05, 0) is 17.0 Å². The van der Waals surface area contributed by atoms with Gasteiger partial charge < -0.3 is 5.02 Å². The highest BCUT2D eigenvalue weighted by Crippen LogP contribution is 1.89. The highest BCUT2D eigenvalue weighted by molar-refractivity contribution is 6.78. The van der Waals surface area contributed by atoms with Crippen LogP contribution < -0.4 is 10.9 Å². The zero-order chi connectivity index (χ0) is 9.80. The van der Waals surface area contributed by atoms with Gasteiger partial charge in [-0.2, -0.15) is 0 Å². The third-order valence-electron chi connectivity index (χ3n) is 2.18. The van der Waals surface area contributed by atoms with Crippen LogP contribution in [0.3, 0.4) is 0 Å². The van der Waals surface area contributed by atoms with Gasteiger partial charge in [-0.25, -0.2) is 0 Å². The maximum atomic E-state index is 9.98. The molecule has 14 heavy (non-hydrogen) atoms. The van der Waals surface area contributed by atoms with Crippen LogP contribution in [-0.4, -0.2) is 11.9 Å². The van der Waals surface area contributed by atoms with E-state index in [9.17, 15) is 5.02 Å². The molecular weight excluding hydrogens is 171 g/mol. The predicted molar refractivity (Wildman–Crippen MR) is 59.0 cm³/mol. The first-order valence-electron chi connectivity index (χ1n) is 4.57. The van der Waals surface area contributed by atoms with E-state index >= 15 is 0 Å². The molecule has 1 radical (unpaired) electrons. The Bertz CT molecular complexity index is 346. The number of benzene rings is 2. The average Bonchev–Trinajstić information content (AvgIpc) is 2.30. The molecule has 0 saturated carbocycles. The zero-order valence-electron chi connectivity index (χ0n) is 7.72. The van der Waals surface area contributed by atoms with Crippen LogP contribution in [0.25, 0.3) is 0 Å². The monoisotopic (exact) mass is 181 g/mol. The van der Waals surface area contributed by atoms with Gasteiger partial charge in [0.15, 0.2) is 0 Å². The minimum absolute atomic E-state index is 0.536. The summed E-state index contributed by atoms with van der Waals surface area (Å²) < 4.78 is 0. The second-order valence-electron chi connectivity index (χ2n) is 3.15. The Balaban J connectivity index is 2.30. The molecule has 0 unspecified atom stereocenters. The first kappa shape index (κ1) is 9.04. The van der Waals surface area contributed by atoms with Gasteiger partial charge >= 0.3 is 6.92 Å². The van der Waals surface area contributed by atoms with E-state index in [4.69, 9.17) is 0 Å². The quantitative estimate of drug-likeness (QED) is 0.672. The molecule has 0 aliphatic rings. The normalized spacial score (nSPS) is 9.79. The van der Waals surface area contributed by atoms with Gasteiger partial charge in [-0.1, -0.05) is 54.6 Å². The summed E-state index contributed by atoms with van der Waals surface area (Å²) in [6.45, 7) is -0.536. The number of hydrogen-bond acceptors (Lipinski definition) is 1. The average molecular weight is 181 g/mol. The van der Waals surface area contributed by atoms with Crippen molar-refractivity contribution in [1.29, 1.82) is 0 Å². The first-order valence-corrected chi connectivity index (χ1v) is 4.57. The summed E-state index contributed by atoms with van der Waals surface area (Å²) in [4.78, 5) is 0. The summed E-state index contributed by atoms with van der Waals surface area (Å²) in [6, 6.07) is 19.9. The SMILES string of the molecule is OB(c1cc[c]cc1)c1ccccc1. The van der Waals surface area contributed by atoms with E-state index in [1.807, 2.05) is 54.6 Å². The van der Waals surface area contributed by atoms with Crippen molar-refractivity contribution in [3.63, 3.8) is 0 Å². The van der Waals surface area contributed by atoms with Gasteiger partial charge in [0, 0.05) is 0 Å². The van der Waals surface area contributed by atoms with Gasteiger partial charge in [0.1, 0.15) is 0 Å². The van der Waals surface area contributed by atoms with Gasteiger partial charge in [0.25, 0.3) is 0 Å². The van der Waals surface area contributed by atoms with Gasteiger partial charge in [0.05, 0.1) is 0 Å². The third kappa shape index (κ3) is 1.86. The largest absolute Gasteiger partial charge is 0.443 e. The van der Waals surface area contributed by atoms with Crippen molar-refractivity contribution >= 4 is 17.8 Å². The molecule has 0 bridgehead atoms. The highest BCUT2D eigenvalue weighted by Gasteiger charge is 2.15. The lowest BCUT2D eigenvalue weighted by Gasteiger charge is -2.05. The Kier molecular flexibility index (Phi) is 2.66. The summed E-state index contributed by atoms with van der Waals surface area (Å²) in [5, 5.41) is 9.98. The summed E-state index contributed by atoms with van der Waals surface area (Å²) in [7, 11) is 0. The molecule has 0 amide bonds. The summed E-state index contributed by atoms with van der Waals surface area (Å²) in [6.07, 6.45) is 0. The molecule has 1 nitrogen and oxygen atoms in total. The van der Waals surface area contributed by atoms with Crippen molar-refractivity contribution in [2.45, 2.75) is 0 Å². The Morgan fingerprint density at radius 3 is 2.07 bits per heavy atom. The fourth-order valence-electron chi connectivity index (χ4n) is 1.41. The van der Waals surface area contributed by atoms with Crippen LogP contribution in [0.2, 0.25) is 0 Å². The Morgan fingerprint density at radius 1 is 0.857 bits per heavy atom. The molecule has 0 atom stereocenters. The number of rotatable bonds is 2. The minimum atomic E-state index is -0.536. The molecule has 2 aromatic rings. The van der Waals surface area contributed by atoms with Crippen molar-refractivity contribution in [3.05, 3.63) is 60.7 Å². The van der Waals surface area contributed by atoms with Crippen LogP contribution in [0.15, 0.2) is 54.6 Å². The van der Waals surface area contributed by atoms with Crippen LogP contribution in [0, 0.1) is 6.07 Å². The molecule has 0 saturated heterocycles. The van der Waals surface area contributed by atoms with Crippen molar-refractivity contribution in [2.75, 3.05) is 0 Å². The van der Waals surface area contributed by atoms with E-state index in [-0.39, 0.29) is 0 Å². The maximum absolute atomic E-state index is 9.98. The lowest BCUT2D eigenvalue weighted by molar-refractivity contribution is 0.600. The zero-order valence-corrected chi connectivity index (χ0v) is 7.72. The fraction of sp³-hybridized carbons (Fsp3) is 0. The Morgan fingerprint density at radius 2 is 1.43 bits per heavy atom. The van der Waals surface area contributed by atoms with Crippen molar-refractivity contribution < 1.29 is 5.02 Å². The standard InChI is InChI=1S/C12H10BO/c14-13(11-7-3-1-4-8-11)12-9-5-2-6-10-12/h1,3-10,14H. The van der Waals surface area contributed by atoms with Gasteiger partial charge in [-0.15, -0.1) is 0 Å². The molecule has 0 aliphatic heterocycles. The lowest BCUT2D eigenvalue weighted by Crippen LogP contribution is -2.41. The van der Waals surface area contributed by atoms with Gasteiger partial charge in [0.2, 0.25) is 0 Å². The predicted octanol–water partition coefficient (Wildman–Crippen LogP) is 0.585. The van der Waals surface area contributed by atoms with Crippen molar-refractivity contribution in [3.8, 4) is 0 Å². The maximum Gasteiger partial charge on any atom is 0.358 e. The topological polar surface area (TPSA) is 20.2 Å². The molecule has 0 aromatic heterocycles. The minimum Gasteiger partial charge on any atom is -0.443 e. The highest BCUT2D eigenvalue weighted by atomic mass is 16.2. The van der Waals surface area contributed by atoms with Crippen molar-refractivity contribution in [1.82, 2.24) is 0 Å². The molecule has 0 spiro atoms. The molecular formula is C12H10BO. The van der Waals surface area contributed by atoms with Crippen LogP contribution in [0.5, 0.6) is 0 Å². The third-order valence-corrected chi connectivity index (χ3v) is 2.18. The van der Waals surface area contributed by atoms with Crippen LogP contribution >= 0.6 is 0 Å².